The first-order valence-corrected chi connectivity index (χ1v) is 7.49. The summed E-state index contributed by atoms with van der Waals surface area (Å²) in [5.74, 6) is 0.101. The number of hydrogen-bond donors (Lipinski definition) is 0. The number of halogens is 1. The number of para-hydroxylation sites is 1. The lowest BCUT2D eigenvalue weighted by molar-refractivity contribution is 0.0985. The second-order valence-electron chi connectivity index (χ2n) is 4.70. The van der Waals surface area contributed by atoms with Crippen molar-refractivity contribution in [3.05, 3.63) is 63.2 Å². The lowest BCUT2D eigenvalue weighted by atomic mass is 10.0. The highest BCUT2D eigenvalue weighted by molar-refractivity contribution is 14.1. The molecular formula is C16H14INO. The molecule has 1 amide bonds. The van der Waals surface area contributed by atoms with Gasteiger partial charge in [-0.05, 0) is 71.3 Å². The highest BCUT2D eigenvalue weighted by Gasteiger charge is 2.22. The molecule has 19 heavy (non-hydrogen) atoms. The Kier molecular flexibility index (Phi) is 3.55. The van der Waals surface area contributed by atoms with E-state index in [4.69, 9.17) is 0 Å². The van der Waals surface area contributed by atoms with E-state index in [1.807, 2.05) is 47.4 Å². The number of anilines is 1. The molecular weight excluding hydrogens is 349 g/mol. The van der Waals surface area contributed by atoms with Crippen LogP contribution in [0.25, 0.3) is 0 Å². The molecule has 0 radical (unpaired) electrons. The molecule has 0 saturated carbocycles. The van der Waals surface area contributed by atoms with Crippen molar-refractivity contribution in [1.82, 2.24) is 0 Å². The summed E-state index contributed by atoms with van der Waals surface area (Å²) in [5, 5.41) is 0. The van der Waals surface area contributed by atoms with Crippen molar-refractivity contribution in [3.63, 3.8) is 0 Å². The highest BCUT2D eigenvalue weighted by atomic mass is 127. The van der Waals surface area contributed by atoms with Crippen LogP contribution < -0.4 is 4.90 Å². The Bertz CT molecular complexity index is 606. The van der Waals surface area contributed by atoms with Gasteiger partial charge in [-0.25, -0.2) is 0 Å². The standard InChI is InChI=1S/C16H14INO/c17-14-9-7-13(8-10-14)16(19)18-11-3-5-12-4-1-2-6-15(12)18/h1-2,4,6-10H,3,5,11H2. The van der Waals surface area contributed by atoms with E-state index in [0.717, 1.165) is 34.2 Å². The van der Waals surface area contributed by atoms with Crippen LogP contribution in [0.5, 0.6) is 0 Å². The Hall–Kier alpha value is -1.36. The molecule has 1 aliphatic rings. The quantitative estimate of drug-likeness (QED) is 0.705. The molecule has 0 unspecified atom stereocenters. The van der Waals surface area contributed by atoms with Crippen LogP contribution in [0, 0.1) is 3.57 Å². The Morgan fingerprint density at radius 3 is 2.58 bits per heavy atom. The van der Waals surface area contributed by atoms with E-state index < -0.39 is 0 Å². The second-order valence-corrected chi connectivity index (χ2v) is 5.94. The lowest BCUT2D eigenvalue weighted by Crippen LogP contribution is -2.35. The first-order valence-electron chi connectivity index (χ1n) is 6.41. The largest absolute Gasteiger partial charge is 0.308 e. The summed E-state index contributed by atoms with van der Waals surface area (Å²) < 4.78 is 1.15. The third kappa shape index (κ3) is 2.52. The summed E-state index contributed by atoms with van der Waals surface area (Å²) >= 11 is 2.25. The fourth-order valence-electron chi connectivity index (χ4n) is 2.49. The molecule has 2 aromatic carbocycles. The molecule has 1 heterocycles. The molecule has 0 N–H and O–H groups in total. The maximum Gasteiger partial charge on any atom is 0.258 e. The van der Waals surface area contributed by atoms with E-state index in [1.165, 1.54) is 5.56 Å². The van der Waals surface area contributed by atoms with E-state index in [0.29, 0.717) is 0 Å². The molecule has 1 aliphatic heterocycles. The normalized spacial score (nSPS) is 14.1. The minimum atomic E-state index is 0.101. The SMILES string of the molecule is O=C(c1ccc(I)cc1)N1CCCc2ccccc21. The number of benzene rings is 2. The van der Waals surface area contributed by atoms with Crippen LogP contribution in [0.4, 0.5) is 5.69 Å². The number of rotatable bonds is 1. The molecule has 0 aliphatic carbocycles. The van der Waals surface area contributed by atoms with Crippen LogP contribution in [0.3, 0.4) is 0 Å². The Morgan fingerprint density at radius 1 is 1.05 bits per heavy atom. The van der Waals surface area contributed by atoms with Crippen molar-refractivity contribution in [2.75, 3.05) is 11.4 Å². The third-order valence-corrected chi connectivity index (χ3v) is 4.17. The van der Waals surface area contributed by atoms with Gasteiger partial charge in [-0.2, -0.15) is 0 Å². The van der Waals surface area contributed by atoms with Crippen LogP contribution in [0.2, 0.25) is 0 Å². The maximum absolute atomic E-state index is 12.6. The highest BCUT2D eigenvalue weighted by Crippen LogP contribution is 2.28. The molecule has 0 atom stereocenters. The summed E-state index contributed by atoms with van der Waals surface area (Å²) in [6.07, 6.45) is 2.10. The first-order chi connectivity index (χ1) is 9.25. The molecule has 2 nitrogen and oxygen atoms in total. The number of fused-ring (bicyclic) bond motifs is 1. The van der Waals surface area contributed by atoms with Gasteiger partial charge in [0.1, 0.15) is 0 Å². The fourth-order valence-corrected chi connectivity index (χ4v) is 2.85. The van der Waals surface area contributed by atoms with E-state index >= 15 is 0 Å². The van der Waals surface area contributed by atoms with Crippen LogP contribution >= 0.6 is 22.6 Å². The van der Waals surface area contributed by atoms with E-state index in [-0.39, 0.29) is 5.91 Å². The number of nitrogens with zero attached hydrogens (tertiary/aromatic N) is 1. The zero-order chi connectivity index (χ0) is 13.2. The van der Waals surface area contributed by atoms with Crippen molar-refractivity contribution < 1.29 is 4.79 Å². The van der Waals surface area contributed by atoms with Gasteiger partial charge in [0.25, 0.3) is 5.91 Å². The molecule has 0 bridgehead atoms. The van der Waals surface area contributed by atoms with Crippen LogP contribution in [-0.2, 0) is 6.42 Å². The molecule has 2 aromatic rings. The Labute approximate surface area is 126 Å². The Morgan fingerprint density at radius 2 is 1.79 bits per heavy atom. The van der Waals surface area contributed by atoms with Gasteiger partial charge in [0, 0.05) is 21.4 Å². The van der Waals surface area contributed by atoms with E-state index in [1.54, 1.807) is 0 Å². The predicted octanol–water partition coefficient (Wildman–Crippen LogP) is 3.88. The van der Waals surface area contributed by atoms with Gasteiger partial charge in [-0.15, -0.1) is 0 Å². The third-order valence-electron chi connectivity index (χ3n) is 3.45. The van der Waals surface area contributed by atoms with Gasteiger partial charge < -0.3 is 4.90 Å². The average Bonchev–Trinajstić information content (AvgIpc) is 2.47. The number of carbonyl (C=O) groups excluding carboxylic acids is 1. The van der Waals surface area contributed by atoms with Crippen LogP contribution in [0.1, 0.15) is 22.3 Å². The van der Waals surface area contributed by atoms with E-state index in [2.05, 4.69) is 28.7 Å². The molecule has 3 heteroatoms. The summed E-state index contributed by atoms with van der Waals surface area (Å²) in [6, 6.07) is 16.0. The van der Waals surface area contributed by atoms with E-state index in [9.17, 15) is 4.79 Å². The smallest absolute Gasteiger partial charge is 0.258 e. The van der Waals surface area contributed by atoms with Gasteiger partial charge in [-0.3, -0.25) is 4.79 Å². The maximum atomic E-state index is 12.6. The van der Waals surface area contributed by atoms with Crippen molar-refractivity contribution in [2.45, 2.75) is 12.8 Å². The van der Waals surface area contributed by atoms with Crippen LogP contribution in [-0.4, -0.2) is 12.5 Å². The van der Waals surface area contributed by atoms with Crippen molar-refractivity contribution >= 4 is 34.2 Å². The molecule has 96 valence electrons. The summed E-state index contributed by atoms with van der Waals surface area (Å²) in [6.45, 7) is 0.807. The summed E-state index contributed by atoms with van der Waals surface area (Å²) in [7, 11) is 0. The average molecular weight is 363 g/mol. The second kappa shape index (κ2) is 5.33. The Balaban J connectivity index is 1.95. The molecule has 3 rings (SSSR count). The van der Waals surface area contributed by atoms with Crippen molar-refractivity contribution in [2.24, 2.45) is 0 Å². The molecule has 0 fully saturated rings. The molecule has 0 saturated heterocycles. The van der Waals surface area contributed by atoms with Gasteiger partial charge in [-0.1, -0.05) is 18.2 Å². The number of amides is 1. The number of carbonyl (C=O) groups is 1. The summed E-state index contributed by atoms with van der Waals surface area (Å²) in [4.78, 5) is 14.5. The zero-order valence-electron chi connectivity index (χ0n) is 10.5. The zero-order valence-corrected chi connectivity index (χ0v) is 12.6. The van der Waals surface area contributed by atoms with Gasteiger partial charge >= 0.3 is 0 Å². The van der Waals surface area contributed by atoms with Gasteiger partial charge in [0.05, 0.1) is 0 Å². The minimum absolute atomic E-state index is 0.101. The first kappa shape index (κ1) is 12.7. The van der Waals surface area contributed by atoms with Crippen molar-refractivity contribution in [1.29, 1.82) is 0 Å². The lowest BCUT2D eigenvalue weighted by Gasteiger charge is -2.29. The monoisotopic (exact) mass is 363 g/mol. The van der Waals surface area contributed by atoms with Gasteiger partial charge in [0.2, 0.25) is 0 Å². The predicted molar refractivity (Wildman–Crippen MR) is 85.6 cm³/mol. The summed E-state index contributed by atoms with van der Waals surface area (Å²) in [5.41, 5.74) is 3.10. The van der Waals surface area contributed by atoms with Crippen LogP contribution in [0.15, 0.2) is 48.5 Å². The van der Waals surface area contributed by atoms with Gasteiger partial charge in [0.15, 0.2) is 0 Å². The fraction of sp³-hybridized carbons (Fsp3) is 0.188. The number of aryl methyl sites for hydroxylation is 1. The minimum Gasteiger partial charge on any atom is -0.308 e. The van der Waals surface area contributed by atoms with Crippen molar-refractivity contribution in [3.8, 4) is 0 Å². The molecule has 0 spiro atoms. The molecule has 0 aromatic heterocycles. The number of hydrogen-bond acceptors (Lipinski definition) is 1. The topological polar surface area (TPSA) is 20.3 Å².